The second-order valence-electron chi connectivity index (χ2n) is 4.60. The van der Waals surface area contributed by atoms with Gasteiger partial charge in [-0.05, 0) is 24.6 Å². The van der Waals surface area contributed by atoms with Crippen LogP contribution in [0, 0.1) is 17.2 Å². The van der Waals surface area contributed by atoms with Crippen molar-refractivity contribution in [3.63, 3.8) is 0 Å². The van der Waals surface area contributed by atoms with E-state index in [-0.39, 0.29) is 0 Å². The molecule has 0 saturated carbocycles. The second-order valence-corrected chi connectivity index (χ2v) is 5.35. The minimum Gasteiger partial charge on any atom is -0.222 e. The van der Waals surface area contributed by atoms with E-state index in [1.807, 2.05) is 0 Å². The number of halogens is 1. The number of pyridine rings is 1. The van der Waals surface area contributed by atoms with Crippen LogP contribution in [0.3, 0.4) is 0 Å². The molecule has 0 N–H and O–H groups in total. The summed E-state index contributed by atoms with van der Waals surface area (Å²) in [7, 11) is -2.82. The maximum absolute atomic E-state index is 8.49. The summed E-state index contributed by atoms with van der Waals surface area (Å²) in [5.74, 6) is 0. The van der Waals surface area contributed by atoms with Crippen LogP contribution in [0.25, 0.3) is 21.8 Å². The first-order valence-corrected chi connectivity index (χ1v) is 7.40. The summed E-state index contributed by atoms with van der Waals surface area (Å²) in [5.41, 5.74) is 3.95. The lowest BCUT2D eigenvalue weighted by Gasteiger charge is -2.17. The highest BCUT2D eigenvalue weighted by atomic mass is 35.7. The Kier molecular flexibility index (Phi) is 4.41. The summed E-state index contributed by atoms with van der Waals surface area (Å²) >= 11 is 0. The zero-order valence-electron chi connectivity index (χ0n) is 11.6. The predicted octanol–water partition coefficient (Wildman–Crippen LogP) is -1.63. The van der Waals surface area contributed by atoms with Gasteiger partial charge in [-0.15, -0.1) is 10.2 Å². The van der Waals surface area contributed by atoms with Crippen molar-refractivity contribution in [1.29, 1.82) is 0 Å². The molecule has 110 valence electrons. The highest BCUT2D eigenvalue weighted by Crippen LogP contribution is 2.22. The van der Waals surface area contributed by atoms with Gasteiger partial charge in [-0.25, -0.2) is 18.6 Å². The van der Waals surface area contributed by atoms with Crippen molar-refractivity contribution < 1.29 is 33.4 Å². The van der Waals surface area contributed by atoms with E-state index >= 15 is 0 Å². The molecule has 3 aromatic rings. The molecular formula is C15H14ClNO4. The maximum Gasteiger partial charge on any atom is 0.213 e. The SMILES string of the molecule is Cc1c2ccccc2[n+](C)c2ccccc12.[O-][Cl+3]([O-])([O-])[O-]. The molecule has 2 aromatic carbocycles. The Hall–Kier alpha value is -1.76. The molecule has 0 aliphatic rings. The quantitative estimate of drug-likeness (QED) is 0.368. The zero-order valence-corrected chi connectivity index (χ0v) is 12.3. The molecule has 0 amide bonds. The monoisotopic (exact) mass is 307 g/mol. The third-order valence-corrected chi connectivity index (χ3v) is 3.34. The molecule has 21 heavy (non-hydrogen) atoms. The Bertz CT molecular complexity index is 661. The number of rotatable bonds is 0. The third kappa shape index (κ3) is 3.66. The molecule has 6 heteroatoms. The average molecular weight is 308 g/mol. The van der Waals surface area contributed by atoms with Crippen molar-refractivity contribution in [2.45, 2.75) is 6.92 Å². The van der Waals surface area contributed by atoms with Crippen molar-refractivity contribution >= 4 is 21.8 Å². The number of aryl methyl sites for hydroxylation is 2. The molecule has 0 spiro atoms. The largest absolute Gasteiger partial charge is 0.222 e. The summed E-state index contributed by atoms with van der Waals surface area (Å²) in [4.78, 5) is 0. The fraction of sp³-hybridized carbons (Fsp3) is 0.133. The van der Waals surface area contributed by atoms with Gasteiger partial charge in [0.05, 0.1) is 0 Å². The summed E-state index contributed by atoms with van der Waals surface area (Å²) in [6, 6.07) is 17.1. The van der Waals surface area contributed by atoms with E-state index in [0.29, 0.717) is 0 Å². The van der Waals surface area contributed by atoms with E-state index in [1.54, 1.807) is 0 Å². The first kappa shape index (κ1) is 15.6. The predicted molar refractivity (Wildman–Crippen MR) is 67.4 cm³/mol. The van der Waals surface area contributed by atoms with E-state index in [0.717, 1.165) is 0 Å². The second kappa shape index (κ2) is 5.93. The number of nitrogens with zero attached hydrogens (tertiary/aromatic N) is 1. The van der Waals surface area contributed by atoms with Crippen LogP contribution in [0.5, 0.6) is 0 Å². The van der Waals surface area contributed by atoms with Crippen molar-refractivity contribution in [1.82, 2.24) is 0 Å². The molecule has 3 rings (SSSR count). The van der Waals surface area contributed by atoms with E-state index in [9.17, 15) is 0 Å². The minimum atomic E-state index is -4.94. The lowest BCUT2D eigenvalue weighted by molar-refractivity contribution is -2.00. The van der Waals surface area contributed by atoms with Crippen molar-refractivity contribution in [3.8, 4) is 0 Å². The highest BCUT2D eigenvalue weighted by molar-refractivity contribution is 5.93. The molecule has 0 fully saturated rings. The topological polar surface area (TPSA) is 96.1 Å². The molecular weight excluding hydrogens is 294 g/mol. The van der Waals surface area contributed by atoms with E-state index in [2.05, 4.69) is 67.1 Å². The van der Waals surface area contributed by atoms with Gasteiger partial charge < -0.3 is 0 Å². The van der Waals surface area contributed by atoms with Gasteiger partial charge in [-0.3, -0.25) is 0 Å². The summed E-state index contributed by atoms with van der Waals surface area (Å²) in [6.07, 6.45) is 0. The van der Waals surface area contributed by atoms with Crippen LogP contribution in [-0.4, -0.2) is 0 Å². The van der Waals surface area contributed by atoms with Crippen LogP contribution in [0.15, 0.2) is 48.5 Å². The van der Waals surface area contributed by atoms with Crippen LogP contribution >= 0.6 is 0 Å². The minimum absolute atomic E-state index is 1.29. The van der Waals surface area contributed by atoms with E-state index in [4.69, 9.17) is 18.6 Å². The lowest BCUT2D eigenvalue weighted by atomic mass is 10.0. The third-order valence-electron chi connectivity index (χ3n) is 3.34. The Balaban J connectivity index is 0.000000282. The molecule has 0 unspecified atom stereocenters. The van der Waals surface area contributed by atoms with Crippen molar-refractivity contribution in [2.24, 2.45) is 7.05 Å². The molecule has 0 aliphatic carbocycles. The number of benzene rings is 2. The Morgan fingerprint density at radius 1 is 0.762 bits per heavy atom. The molecule has 5 nitrogen and oxygen atoms in total. The van der Waals surface area contributed by atoms with Crippen molar-refractivity contribution in [2.75, 3.05) is 0 Å². The molecule has 0 bridgehead atoms. The van der Waals surface area contributed by atoms with Gasteiger partial charge in [0.25, 0.3) is 0 Å². The fourth-order valence-corrected chi connectivity index (χ4v) is 2.44. The normalized spacial score (nSPS) is 11.3. The smallest absolute Gasteiger partial charge is 0.213 e. The standard InChI is InChI=1S/C15H14N.ClHO4/c1-11-12-7-3-5-9-14(12)16(2)15-10-6-4-8-13(11)15;2-1(3,4)5/h3-10H,1-2H3;(H,2,3,4,5)/q+1;/p-1. The molecule has 1 aromatic heterocycles. The molecule has 0 aliphatic heterocycles. The van der Waals surface area contributed by atoms with Crippen LogP contribution in [0.4, 0.5) is 0 Å². The van der Waals surface area contributed by atoms with Gasteiger partial charge in [0.15, 0.2) is 0 Å². The van der Waals surface area contributed by atoms with Crippen LogP contribution in [0.1, 0.15) is 5.56 Å². The highest BCUT2D eigenvalue weighted by Gasteiger charge is 2.13. The Morgan fingerprint density at radius 3 is 1.48 bits per heavy atom. The average Bonchev–Trinajstić information content (AvgIpc) is 2.43. The summed E-state index contributed by atoms with van der Waals surface area (Å²) < 4.78 is 36.2. The summed E-state index contributed by atoms with van der Waals surface area (Å²) in [6.45, 7) is 2.20. The van der Waals surface area contributed by atoms with Gasteiger partial charge in [0.2, 0.25) is 11.0 Å². The van der Waals surface area contributed by atoms with Crippen LogP contribution < -0.4 is 23.2 Å². The first-order valence-electron chi connectivity index (χ1n) is 6.17. The van der Waals surface area contributed by atoms with Crippen LogP contribution in [-0.2, 0) is 7.05 Å². The first-order chi connectivity index (χ1) is 9.79. The van der Waals surface area contributed by atoms with Gasteiger partial charge in [-0.2, -0.15) is 4.57 Å². The van der Waals surface area contributed by atoms with Gasteiger partial charge in [0, 0.05) is 22.9 Å². The number of aromatic nitrogens is 1. The Morgan fingerprint density at radius 2 is 1.10 bits per heavy atom. The summed E-state index contributed by atoms with van der Waals surface area (Å²) in [5, 5.41) is 2.67. The number of hydrogen-bond acceptors (Lipinski definition) is 4. The van der Waals surface area contributed by atoms with Crippen LogP contribution in [0.2, 0.25) is 0 Å². The van der Waals surface area contributed by atoms with E-state index in [1.165, 1.54) is 27.4 Å². The lowest BCUT2D eigenvalue weighted by Crippen LogP contribution is -2.68. The maximum atomic E-state index is 8.49. The van der Waals surface area contributed by atoms with Crippen molar-refractivity contribution in [3.05, 3.63) is 54.1 Å². The molecule has 0 atom stereocenters. The molecule has 0 saturated heterocycles. The van der Waals surface area contributed by atoms with Gasteiger partial charge in [-0.1, -0.05) is 24.3 Å². The zero-order chi connectivity index (χ0) is 15.6. The Labute approximate surface area is 124 Å². The number of para-hydroxylation sites is 2. The molecule has 1 heterocycles. The van der Waals surface area contributed by atoms with E-state index < -0.39 is 10.2 Å². The molecule has 0 radical (unpaired) electrons. The number of hydrogen-bond donors (Lipinski definition) is 0. The fourth-order valence-electron chi connectivity index (χ4n) is 2.44. The van der Waals surface area contributed by atoms with Gasteiger partial charge >= 0.3 is 0 Å². The number of fused-ring (bicyclic) bond motifs is 2. The van der Waals surface area contributed by atoms with Gasteiger partial charge in [0.1, 0.15) is 7.05 Å².